The summed E-state index contributed by atoms with van der Waals surface area (Å²) in [6.07, 6.45) is 7.67. The summed E-state index contributed by atoms with van der Waals surface area (Å²) < 4.78 is 0. The van der Waals surface area contributed by atoms with E-state index in [1.54, 1.807) is 12.1 Å². The van der Waals surface area contributed by atoms with Gasteiger partial charge in [-0.05, 0) is 37.0 Å². The van der Waals surface area contributed by atoms with Gasteiger partial charge in [-0.15, -0.1) is 0 Å². The SMILES string of the molecule is Cc1ccc(C(=O)NCCC2CCCCC2)c(O)c1. The van der Waals surface area contributed by atoms with Crippen LogP contribution in [0.2, 0.25) is 0 Å². The number of carbonyl (C=O) groups excluding carboxylic acids is 1. The van der Waals surface area contributed by atoms with E-state index in [2.05, 4.69) is 5.32 Å². The molecule has 2 rings (SSSR count). The highest BCUT2D eigenvalue weighted by Gasteiger charge is 2.14. The van der Waals surface area contributed by atoms with Crippen LogP contribution in [0.15, 0.2) is 18.2 Å². The normalized spacial score (nSPS) is 16.3. The Kier molecular flexibility index (Phi) is 4.83. The van der Waals surface area contributed by atoms with E-state index >= 15 is 0 Å². The molecule has 1 saturated carbocycles. The van der Waals surface area contributed by atoms with Crippen LogP contribution in [-0.4, -0.2) is 17.6 Å². The molecule has 104 valence electrons. The topological polar surface area (TPSA) is 49.3 Å². The number of benzene rings is 1. The number of carbonyl (C=O) groups is 1. The van der Waals surface area contributed by atoms with E-state index in [1.165, 1.54) is 32.1 Å². The second kappa shape index (κ2) is 6.60. The van der Waals surface area contributed by atoms with Gasteiger partial charge in [-0.2, -0.15) is 0 Å². The van der Waals surface area contributed by atoms with Gasteiger partial charge in [-0.3, -0.25) is 4.79 Å². The fourth-order valence-electron chi connectivity index (χ4n) is 2.79. The molecular weight excluding hydrogens is 238 g/mol. The molecule has 0 spiro atoms. The largest absolute Gasteiger partial charge is 0.507 e. The Morgan fingerprint density at radius 2 is 2.05 bits per heavy atom. The Balaban J connectivity index is 1.80. The average molecular weight is 261 g/mol. The number of aromatic hydroxyl groups is 1. The molecule has 3 heteroatoms. The van der Waals surface area contributed by atoms with Crippen LogP contribution in [0.1, 0.15) is 54.4 Å². The Labute approximate surface area is 115 Å². The quantitative estimate of drug-likeness (QED) is 0.872. The molecule has 3 nitrogen and oxygen atoms in total. The van der Waals surface area contributed by atoms with Crippen LogP contribution < -0.4 is 5.32 Å². The molecule has 0 unspecified atom stereocenters. The van der Waals surface area contributed by atoms with Gasteiger partial charge in [0, 0.05) is 6.54 Å². The Morgan fingerprint density at radius 1 is 1.32 bits per heavy atom. The van der Waals surface area contributed by atoms with Crippen LogP contribution in [0, 0.1) is 12.8 Å². The summed E-state index contributed by atoms with van der Waals surface area (Å²) in [5.74, 6) is 0.657. The molecule has 1 amide bonds. The Bertz CT molecular complexity index is 436. The number of phenolic OH excluding ortho intramolecular Hbond substituents is 1. The molecule has 1 fully saturated rings. The maximum atomic E-state index is 11.9. The number of nitrogens with one attached hydrogen (secondary N) is 1. The molecule has 0 saturated heterocycles. The van der Waals surface area contributed by atoms with Crippen molar-refractivity contribution in [3.63, 3.8) is 0 Å². The molecule has 0 aliphatic heterocycles. The van der Waals surface area contributed by atoms with Gasteiger partial charge in [0.15, 0.2) is 0 Å². The molecule has 0 aromatic heterocycles. The van der Waals surface area contributed by atoms with Gasteiger partial charge in [0.1, 0.15) is 5.75 Å². The highest BCUT2D eigenvalue weighted by molar-refractivity contribution is 5.96. The van der Waals surface area contributed by atoms with Crippen molar-refractivity contribution < 1.29 is 9.90 Å². The zero-order valence-corrected chi connectivity index (χ0v) is 11.6. The second-order valence-corrected chi connectivity index (χ2v) is 5.57. The van der Waals surface area contributed by atoms with Gasteiger partial charge in [0.2, 0.25) is 0 Å². The third kappa shape index (κ3) is 3.98. The summed E-state index contributed by atoms with van der Waals surface area (Å²) in [6.45, 7) is 2.60. The lowest BCUT2D eigenvalue weighted by molar-refractivity contribution is 0.0947. The van der Waals surface area contributed by atoms with Crippen LogP contribution in [0.25, 0.3) is 0 Å². The molecule has 0 bridgehead atoms. The molecule has 1 aliphatic carbocycles. The van der Waals surface area contributed by atoms with E-state index in [4.69, 9.17) is 0 Å². The van der Waals surface area contributed by atoms with Gasteiger partial charge >= 0.3 is 0 Å². The average Bonchev–Trinajstić information content (AvgIpc) is 2.39. The first-order valence-corrected chi connectivity index (χ1v) is 7.24. The first kappa shape index (κ1) is 13.9. The number of rotatable bonds is 4. The first-order chi connectivity index (χ1) is 9.16. The molecule has 19 heavy (non-hydrogen) atoms. The lowest BCUT2D eigenvalue weighted by Gasteiger charge is -2.21. The molecule has 0 atom stereocenters. The van der Waals surface area contributed by atoms with Crippen molar-refractivity contribution in [2.45, 2.75) is 45.4 Å². The highest BCUT2D eigenvalue weighted by Crippen LogP contribution is 2.25. The fraction of sp³-hybridized carbons (Fsp3) is 0.562. The number of aryl methyl sites for hydroxylation is 1. The Morgan fingerprint density at radius 3 is 2.74 bits per heavy atom. The molecular formula is C16H23NO2. The third-order valence-corrected chi connectivity index (χ3v) is 3.96. The van der Waals surface area contributed by atoms with Crippen LogP contribution >= 0.6 is 0 Å². The van der Waals surface area contributed by atoms with Crippen molar-refractivity contribution in [1.82, 2.24) is 5.32 Å². The van der Waals surface area contributed by atoms with E-state index < -0.39 is 0 Å². The first-order valence-electron chi connectivity index (χ1n) is 7.24. The zero-order valence-electron chi connectivity index (χ0n) is 11.6. The van der Waals surface area contributed by atoms with Crippen LogP contribution in [0.5, 0.6) is 5.75 Å². The number of hydrogen-bond acceptors (Lipinski definition) is 2. The van der Waals surface area contributed by atoms with E-state index in [-0.39, 0.29) is 11.7 Å². The zero-order chi connectivity index (χ0) is 13.7. The smallest absolute Gasteiger partial charge is 0.255 e. The molecule has 2 N–H and O–H groups in total. The lowest BCUT2D eigenvalue weighted by atomic mass is 9.87. The van der Waals surface area contributed by atoms with Crippen LogP contribution in [0.4, 0.5) is 0 Å². The molecule has 1 aliphatic rings. The van der Waals surface area contributed by atoms with Crippen molar-refractivity contribution in [3.8, 4) is 5.75 Å². The minimum atomic E-state index is -0.173. The summed E-state index contributed by atoms with van der Waals surface area (Å²) >= 11 is 0. The molecule has 1 aromatic rings. The maximum Gasteiger partial charge on any atom is 0.255 e. The van der Waals surface area contributed by atoms with Crippen molar-refractivity contribution in [3.05, 3.63) is 29.3 Å². The van der Waals surface area contributed by atoms with Crippen molar-refractivity contribution in [2.75, 3.05) is 6.54 Å². The highest BCUT2D eigenvalue weighted by atomic mass is 16.3. The third-order valence-electron chi connectivity index (χ3n) is 3.96. The second-order valence-electron chi connectivity index (χ2n) is 5.57. The molecule has 0 heterocycles. The van der Waals surface area contributed by atoms with E-state index in [0.29, 0.717) is 12.1 Å². The molecule has 1 aromatic carbocycles. The lowest BCUT2D eigenvalue weighted by Crippen LogP contribution is -2.26. The minimum Gasteiger partial charge on any atom is -0.507 e. The van der Waals surface area contributed by atoms with Gasteiger partial charge < -0.3 is 10.4 Å². The van der Waals surface area contributed by atoms with Gasteiger partial charge in [0.25, 0.3) is 5.91 Å². The van der Waals surface area contributed by atoms with E-state index in [0.717, 1.165) is 17.9 Å². The fourth-order valence-corrected chi connectivity index (χ4v) is 2.79. The summed E-state index contributed by atoms with van der Waals surface area (Å²) in [7, 11) is 0. The minimum absolute atomic E-state index is 0.0650. The standard InChI is InChI=1S/C16H23NO2/c1-12-7-8-14(15(18)11-12)16(19)17-10-9-13-5-3-2-4-6-13/h7-8,11,13,18H,2-6,9-10H2,1H3,(H,17,19). The summed E-state index contributed by atoms with van der Waals surface area (Å²) in [4.78, 5) is 11.9. The summed E-state index contributed by atoms with van der Waals surface area (Å²) in [5, 5.41) is 12.7. The van der Waals surface area contributed by atoms with Crippen LogP contribution in [-0.2, 0) is 0 Å². The number of hydrogen-bond donors (Lipinski definition) is 2. The van der Waals surface area contributed by atoms with Gasteiger partial charge in [-0.1, -0.05) is 38.2 Å². The monoisotopic (exact) mass is 261 g/mol. The Hall–Kier alpha value is -1.51. The van der Waals surface area contributed by atoms with E-state index in [1.807, 2.05) is 13.0 Å². The van der Waals surface area contributed by atoms with Crippen molar-refractivity contribution in [1.29, 1.82) is 0 Å². The van der Waals surface area contributed by atoms with Gasteiger partial charge in [0.05, 0.1) is 5.56 Å². The van der Waals surface area contributed by atoms with Crippen molar-refractivity contribution >= 4 is 5.91 Å². The molecule has 0 radical (unpaired) electrons. The predicted octanol–water partition coefficient (Wildman–Crippen LogP) is 3.40. The predicted molar refractivity (Wildman–Crippen MR) is 76.4 cm³/mol. The number of phenols is 1. The number of amides is 1. The van der Waals surface area contributed by atoms with E-state index in [9.17, 15) is 9.90 Å². The maximum absolute atomic E-state index is 11.9. The summed E-state index contributed by atoms with van der Waals surface area (Å²) in [6, 6.07) is 5.15. The van der Waals surface area contributed by atoms with Crippen molar-refractivity contribution in [2.24, 2.45) is 5.92 Å². The van der Waals surface area contributed by atoms with Gasteiger partial charge in [-0.25, -0.2) is 0 Å². The summed E-state index contributed by atoms with van der Waals surface area (Å²) in [5.41, 5.74) is 1.32. The van der Waals surface area contributed by atoms with Crippen LogP contribution in [0.3, 0.4) is 0 Å².